The summed E-state index contributed by atoms with van der Waals surface area (Å²) in [6.07, 6.45) is 4.56. The first kappa shape index (κ1) is 29.8. The van der Waals surface area contributed by atoms with Crippen molar-refractivity contribution in [2.45, 2.75) is 27.0 Å². The third-order valence-electron chi connectivity index (χ3n) is 7.50. The molecule has 1 atom stereocenters. The van der Waals surface area contributed by atoms with Gasteiger partial charge in [-0.15, -0.1) is 0 Å². The highest BCUT2D eigenvalue weighted by Crippen LogP contribution is 2.34. The number of amides is 2. The number of carbonyl (C=O) groups excluding carboxylic acids is 1. The number of methoxy groups -OCH3 is 1. The van der Waals surface area contributed by atoms with Crippen LogP contribution in [0.5, 0.6) is 0 Å². The monoisotopic (exact) mass is 587 g/mol. The first-order valence-electron chi connectivity index (χ1n) is 14.1. The Morgan fingerprint density at radius 1 is 1.12 bits per heavy atom. The lowest BCUT2D eigenvalue weighted by atomic mass is 10.0. The number of halogens is 2. The number of anilines is 3. The van der Waals surface area contributed by atoms with Gasteiger partial charge in [-0.25, -0.2) is 18.6 Å². The highest BCUT2D eigenvalue weighted by atomic mass is 19.1. The molecule has 224 valence electrons. The fraction of sp³-hybridized carbons (Fsp3) is 0.273. The van der Waals surface area contributed by atoms with Crippen LogP contribution in [-0.4, -0.2) is 49.2 Å². The van der Waals surface area contributed by atoms with Crippen LogP contribution in [0.15, 0.2) is 83.2 Å². The number of furan rings is 1. The number of ether oxygens (including phenoxy) is 1. The molecule has 2 N–H and O–H groups in total. The van der Waals surface area contributed by atoms with Crippen molar-refractivity contribution in [2.24, 2.45) is 0 Å². The van der Waals surface area contributed by atoms with E-state index in [1.165, 1.54) is 25.1 Å². The van der Waals surface area contributed by atoms with E-state index in [1.807, 2.05) is 50.3 Å². The van der Waals surface area contributed by atoms with E-state index in [1.54, 1.807) is 30.3 Å². The number of piperazine rings is 1. The molecule has 2 aromatic carbocycles. The van der Waals surface area contributed by atoms with Crippen LogP contribution in [-0.2, 0) is 4.74 Å². The molecule has 1 fully saturated rings. The largest absolute Gasteiger partial charge is 0.456 e. The minimum atomic E-state index is -0.561. The molecule has 0 saturated carbocycles. The number of aromatic nitrogens is 1. The van der Waals surface area contributed by atoms with E-state index in [0.29, 0.717) is 37.5 Å². The van der Waals surface area contributed by atoms with Crippen LogP contribution in [0.2, 0.25) is 0 Å². The van der Waals surface area contributed by atoms with Crippen molar-refractivity contribution < 1.29 is 22.7 Å². The highest BCUT2D eigenvalue weighted by molar-refractivity contribution is 5.90. The third kappa shape index (κ3) is 6.70. The molecule has 0 bridgehead atoms. The maximum atomic E-state index is 13.9. The zero-order valence-corrected chi connectivity index (χ0v) is 24.7. The average molecular weight is 588 g/mol. The number of benzene rings is 2. The van der Waals surface area contributed by atoms with Crippen LogP contribution in [0, 0.1) is 12.7 Å². The van der Waals surface area contributed by atoms with E-state index in [2.05, 4.69) is 20.5 Å². The van der Waals surface area contributed by atoms with Gasteiger partial charge in [-0.2, -0.15) is 0 Å². The second kappa shape index (κ2) is 13.1. The lowest BCUT2D eigenvalue weighted by Crippen LogP contribution is -2.50. The molecule has 8 nitrogen and oxygen atoms in total. The molecule has 3 heterocycles. The number of carbonyl (C=O) groups is 1. The number of aryl methyl sites for hydroxylation is 1. The van der Waals surface area contributed by atoms with Gasteiger partial charge in [-0.3, -0.25) is 0 Å². The predicted molar refractivity (Wildman–Crippen MR) is 166 cm³/mol. The molecule has 0 spiro atoms. The molecule has 5 rings (SSSR count). The summed E-state index contributed by atoms with van der Waals surface area (Å²) in [5, 5.41) is 6.91. The Bertz CT molecular complexity index is 1650. The van der Waals surface area contributed by atoms with Crippen molar-refractivity contribution in [3.63, 3.8) is 0 Å². The average Bonchev–Trinajstić information content (AvgIpc) is 3.35. The fourth-order valence-corrected chi connectivity index (χ4v) is 5.15. The minimum Gasteiger partial charge on any atom is -0.456 e. The summed E-state index contributed by atoms with van der Waals surface area (Å²) in [5.74, 6) is 0.710. The molecular weight excluding hydrogens is 552 g/mol. The van der Waals surface area contributed by atoms with Crippen LogP contribution in [0.4, 0.5) is 30.8 Å². The van der Waals surface area contributed by atoms with Gasteiger partial charge in [-0.1, -0.05) is 24.3 Å². The van der Waals surface area contributed by atoms with Crippen LogP contribution < -0.4 is 15.5 Å². The molecule has 0 radical (unpaired) electrons. The van der Waals surface area contributed by atoms with Crippen molar-refractivity contribution in [2.75, 3.05) is 48.8 Å². The Labute approximate surface area is 249 Å². The number of urea groups is 1. The van der Waals surface area contributed by atoms with Gasteiger partial charge in [0, 0.05) is 44.2 Å². The number of nitrogens with one attached hydrogen (secondary N) is 2. The Kier molecular flexibility index (Phi) is 9.06. The lowest BCUT2D eigenvalue weighted by molar-refractivity contribution is 0.108. The molecule has 4 aromatic rings. The van der Waals surface area contributed by atoms with Crippen molar-refractivity contribution in [1.29, 1.82) is 0 Å². The van der Waals surface area contributed by atoms with Crippen molar-refractivity contribution in [3.05, 3.63) is 101 Å². The van der Waals surface area contributed by atoms with Crippen LogP contribution >= 0.6 is 0 Å². The van der Waals surface area contributed by atoms with E-state index in [0.717, 1.165) is 33.6 Å². The maximum absolute atomic E-state index is 13.9. The highest BCUT2D eigenvalue weighted by Gasteiger charge is 2.24. The second-order valence-electron chi connectivity index (χ2n) is 10.3. The SMILES string of the molecule is C/C=C(\C=C(/C)F)c1ccc2oc(C(Nc3ccc(N4CCN(C(=O)Nc5ccccc5F)CC4)nc3)OC)c(C)c2c1. The smallest absolute Gasteiger partial charge is 0.322 e. The zero-order valence-electron chi connectivity index (χ0n) is 24.7. The van der Waals surface area contributed by atoms with Gasteiger partial charge in [0.05, 0.1) is 23.4 Å². The summed E-state index contributed by atoms with van der Waals surface area (Å²) in [7, 11) is 1.60. The topological polar surface area (TPSA) is 82.9 Å². The molecule has 1 aliphatic rings. The van der Waals surface area contributed by atoms with E-state index in [4.69, 9.17) is 9.15 Å². The molecular formula is C33H35F2N5O3. The molecule has 2 aromatic heterocycles. The van der Waals surface area contributed by atoms with Gasteiger partial charge in [0.15, 0.2) is 12.0 Å². The van der Waals surface area contributed by atoms with Gasteiger partial charge in [-0.05, 0) is 74.4 Å². The second-order valence-corrected chi connectivity index (χ2v) is 10.3. The van der Waals surface area contributed by atoms with Crippen LogP contribution in [0.1, 0.15) is 37.0 Å². The van der Waals surface area contributed by atoms with Gasteiger partial charge in [0.1, 0.15) is 17.2 Å². The van der Waals surface area contributed by atoms with Crippen molar-refractivity contribution in [3.8, 4) is 0 Å². The normalized spacial score (nSPS) is 15.1. The Morgan fingerprint density at radius 2 is 1.88 bits per heavy atom. The van der Waals surface area contributed by atoms with E-state index in [-0.39, 0.29) is 17.5 Å². The number of fused-ring (bicyclic) bond motifs is 1. The zero-order chi connectivity index (χ0) is 30.5. The quantitative estimate of drug-likeness (QED) is 0.163. The van der Waals surface area contributed by atoms with Crippen LogP contribution in [0.25, 0.3) is 16.5 Å². The molecule has 10 heteroatoms. The number of nitrogens with zero attached hydrogens (tertiary/aromatic N) is 3. The number of hydrogen-bond donors (Lipinski definition) is 2. The molecule has 1 aliphatic heterocycles. The first-order chi connectivity index (χ1) is 20.8. The molecule has 1 saturated heterocycles. The number of pyridine rings is 1. The fourth-order valence-electron chi connectivity index (χ4n) is 5.15. The molecule has 2 amide bonds. The first-order valence-corrected chi connectivity index (χ1v) is 14.1. The standard InChI is InChI=1S/C33H35F2N5O3/c1-5-23(18-21(2)34)24-10-12-29-26(19-24)22(3)31(43-29)32(42-4)37-25-11-13-30(36-20-25)39-14-16-40(17-15-39)33(41)38-28-9-7-6-8-27(28)35/h5-13,18-20,32,37H,14-17H2,1-4H3,(H,38,41)/b21-18+,23-5+. The molecule has 1 unspecified atom stereocenters. The van der Waals surface area contributed by atoms with E-state index >= 15 is 0 Å². The Balaban J connectivity index is 1.23. The molecule has 0 aliphatic carbocycles. The summed E-state index contributed by atoms with van der Waals surface area (Å²) in [6, 6.07) is 15.4. The van der Waals surface area contributed by atoms with Gasteiger partial charge in [0.2, 0.25) is 0 Å². The lowest BCUT2D eigenvalue weighted by Gasteiger charge is -2.35. The van der Waals surface area contributed by atoms with Gasteiger partial charge < -0.3 is 29.6 Å². The number of hydrogen-bond acceptors (Lipinski definition) is 6. The van der Waals surface area contributed by atoms with Crippen molar-refractivity contribution >= 4 is 39.8 Å². The summed E-state index contributed by atoms with van der Waals surface area (Å²) < 4.78 is 39.4. The van der Waals surface area contributed by atoms with E-state index < -0.39 is 12.0 Å². The number of rotatable bonds is 8. The van der Waals surface area contributed by atoms with E-state index in [9.17, 15) is 13.6 Å². The summed E-state index contributed by atoms with van der Waals surface area (Å²) >= 11 is 0. The Morgan fingerprint density at radius 3 is 2.53 bits per heavy atom. The number of para-hydroxylation sites is 1. The predicted octanol–water partition coefficient (Wildman–Crippen LogP) is 7.66. The maximum Gasteiger partial charge on any atom is 0.322 e. The third-order valence-corrected chi connectivity index (χ3v) is 7.50. The minimum absolute atomic E-state index is 0.167. The van der Waals surface area contributed by atoms with Crippen molar-refractivity contribution in [1.82, 2.24) is 9.88 Å². The van der Waals surface area contributed by atoms with Gasteiger partial charge in [0.25, 0.3) is 0 Å². The molecule has 43 heavy (non-hydrogen) atoms. The summed E-state index contributed by atoms with van der Waals surface area (Å²) in [6.45, 7) is 7.45. The summed E-state index contributed by atoms with van der Waals surface area (Å²) in [5.41, 5.74) is 4.25. The van der Waals surface area contributed by atoms with Gasteiger partial charge >= 0.3 is 6.03 Å². The number of allylic oxidation sites excluding steroid dienone is 4. The van der Waals surface area contributed by atoms with Crippen LogP contribution in [0.3, 0.4) is 0 Å². The summed E-state index contributed by atoms with van der Waals surface area (Å²) in [4.78, 5) is 21.0. The Hall–Kier alpha value is -4.70.